The van der Waals surface area contributed by atoms with Crippen molar-refractivity contribution in [1.82, 2.24) is 0 Å². The molecule has 1 N–H and O–H groups in total. The van der Waals surface area contributed by atoms with Crippen LogP contribution in [0.15, 0.2) is 0 Å². The summed E-state index contributed by atoms with van der Waals surface area (Å²) < 4.78 is 0.728. The lowest BCUT2D eigenvalue weighted by Gasteiger charge is -2.07. The van der Waals surface area contributed by atoms with E-state index in [0.29, 0.717) is 0 Å². The molecule has 0 bridgehead atoms. The number of halogens is 1. The number of aliphatic hydroxyl groups excluding tert-OH is 1. The van der Waals surface area contributed by atoms with E-state index in [2.05, 4.69) is 29.5 Å². The van der Waals surface area contributed by atoms with Crippen molar-refractivity contribution in [2.24, 2.45) is 0 Å². The molecule has 85 valence electrons. The van der Waals surface area contributed by atoms with E-state index >= 15 is 0 Å². The summed E-state index contributed by atoms with van der Waals surface area (Å²) in [5.41, 5.74) is 0. The normalized spacial score (nSPS) is 13.1. The van der Waals surface area contributed by atoms with E-state index in [9.17, 15) is 0 Å². The first-order valence-corrected chi connectivity index (χ1v) is 7.12. The summed E-state index contributed by atoms with van der Waals surface area (Å²) >= 11 is 2.49. The third-order valence-electron chi connectivity index (χ3n) is 2.42. The van der Waals surface area contributed by atoms with Crippen LogP contribution in [-0.2, 0) is 0 Å². The molecule has 0 saturated carbocycles. The molecule has 0 amide bonds. The summed E-state index contributed by atoms with van der Waals surface area (Å²) in [6.07, 6.45) is 12.6. The maximum atomic E-state index is 8.62. The summed E-state index contributed by atoms with van der Waals surface area (Å²) in [5.74, 6) is 0. The summed E-state index contributed by atoms with van der Waals surface area (Å²) in [7, 11) is 0. The van der Waals surface area contributed by atoms with E-state index < -0.39 is 0 Å². The Bertz CT molecular complexity index is 106. The van der Waals surface area contributed by atoms with Gasteiger partial charge >= 0.3 is 0 Å². The Hall–Kier alpha value is 0.690. The lowest BCUT2D eigenvalue weighted by molar-refractivity contribution is 0.323. The fourth-order valence-electron chi connectivity index (χ4n) is 1.52. The van der Waals surface area contributed by atoms with Crippen molar-refractivity contribution < 1.29 is 5.11 Å². The second kappa shape index (κ2) is 11.8. The minimum atomic E-state index is 0.232. The maximum absolute atomic E-state index is 8.62. The molecule has 0 fully saturated rings. The van der Waals surface area contributed by atoms with Gasteiger partial charge in [0.1, 0.15) is 0 Å². The van der Waals surface area contributed by atoms with Gasteiger partial charge in [-0.15, -0.1) is 0 Å². The first-order valence-electron chi connectivity index (χ1n) is 5.87. The standard InChI is InChI=1S/C12H24IO/c1-2-3-4-5-6-7-9-12(13)10-8-11-14/h8,12,14H,2-7,9-11H2,1H3. The first-order chi connectivity index (χ1) is 6.81. The van der Waals surface area contributed by atoms with Crippen molar-refractivity contribution in [3.05, 3.63) is 6.42 Å². The molecule has 0 aliphatic carbocycles. The number of hydrogen-bond donors (Lipinski definition) is 1. The van der Waals surface area contributed by atoms with Gasteiger partial charge in [0.2, 0.25) is 0 Å². The smallest absolute Gasteiger partial charge is 0.0463 e. The summed E-state index contributed by atoms with van der Waals surface area (Å²) in [6.45, 7) is 2.49. The zero-order valence-electron chi connectivity index (χ0n) is 9.34. The van der Waals surface area contributed by atoms with Gasteiger partial charge in [0.25, 0.3) is 0 Å². The van der Waals surface area contributed by atoms with Gasteiger partial charge in [-0.1, -0.05) is 68.0 Å². The van der Waals surface area contributed by atoms with E-state index in [1.807, 2.05) is 6.42 Å². The third kappa shape index (κ3) is 10.8. The minimum absolute atomic E-state index is 0.232. The molecule has 1 atom stereocenters. The highest BCUT2D eigenvalue weighted by molar-refractivity contribution is 14.1. The fourth-order valence-corrected chi connectivity index (χ4v) is 2.32. The van der Waals surface area contributed by atoms with Crippen LogP contribution in [0.5, 0.6) is 0 Å². The summed E-state index contributed by atoms with van der Waals surface area (Å²) in [6, 6.07) is 0. The van der Waals surface area contributed by atoms with Gasteiger partial charge in [-0.3, -0.25) is 0 Å². The maximum Gasteiger partial charge on any atom is 0.0463 e. The molecule has 0 aliphatic rings. The molecule has 0 aromatic rings. The average molecular weight is 311 g/mol. The van der Waals surface area contributed by atoms with Crippen molar-refractivity contribution in [2.45, 2.75) is 62.2 Å². The van der Waals surface area contributed by atoms with E-state index in [-0.39, 0.29) is 6.61 Å². The number of alkyl halides is 1. The Morgan fingerprint density at radius 1 is 1.14 bits per heavy atom. The molecule has 0 heterocycles. The van der Waals surface area contributed by atoms with Gasteiger partial charge in [0, 0.05) is 10.5 Å². The Labute approximate surface area is 103 Å². The monoisotopic (exact) mass is 311 g/mol. The molecule has 0 aromatic carbocycles. The topological polar surface area (TPSA) is 20.2 Å². The van der Waals surface area contributed by atoms with Gasteiger partial charge in [-0.2, -0.15) is 0 Å². The van der Waals surface area contributed by atoms with Crippen LogP contribution in [0.2, 0.25) is 0 Å². The van der Waals surface area contributed by atoms with E-state index in [0.717, 1.165) is 10.3 Å². The Kier molecular flexibility index (Phi) is 12.3. The molecule has 1 radical (unpaired) electrons. The number of aliphatic hydroxyl groups is 1. The lowest BCUT2D eigenvalue weighted by Crippen LogP contribution is -1.99. The summed E-state index contributed by atoms with van der Waals surface area (Å²) in [5, 5.41) is 8.62. The van der Waals surface area contributed by atoms with Crippen LogP contribution in [0.4, 0.5) is 0 Å². The number of hydrogen-bond acceptors (Lipinski definition) is 1. The van der Waals surface area contributed by atoms with Crippen LogP contribution in [0.1, 0.15) is 58.3 Å². The Balaban J connectivity index is 3.02. The van der Waals surface area contributed by atoms with Gasteiger partial charge in [-0.25, -0.2) is 0 Å². The fraction of sp³-hybridized carbons (Fsp3) is 0.917. The second-order valence-corrected chi connectivity index (χ2v) is 5.62. The molecule has 1 unspecified atom stereocenters. The molecule has 14 heavy (non-hydrogen) atoms. The van der Waals surface area contributed by atoms with E-state index in [1.54, 1.807) is 0 Å². The highest BCUT2D eigenvalue weighted by atomic mass is 127. The molecule has 2 heteroatoms. The second-order valence-electron chi connectivity index (χ2n) is 3.86. The van der Waals surface area contributed by atoms with Crippen LogP contribution in [0, 0.1) is 6.42 Å². The predicted molar refractivity (Wildman–Crippen MR) is 71.8 cm³/mol. The van der Waals surface area contributed by atoms with Gasteiger partial charge < -0.3 is 5.11 Å². The molecule has 0 aliphatic heterocycles. The van der Waals surface area contributed by atoms with Crippen LogP contribution in [0.25, 0.3) is 0 Å². The predicted octanol–water partition coefficient (Wildman–Crippen LogP) is 4.13. The van der Waals surface area contributed by atoms with Gasteiger partial charge in [0.15, 0.2) is 0 Å². The number of rotatable bonds is 10. The third-order valence-corrected chi connectivity index (χ3v) is 3.55. The van der Waals surface area contributed by atoms with Crippen molar-refractivity contribution in [3.63, 3.8) is 0 Å². The van der Waals surface area contributed by atoms with Crippen LogP contribution in [0.3, 0.4) is 0 Å². The number of unbranched alkanes of at least 4 members (excludes halogenated alkanes) is 5. The molecule has 0 saturated heterocycles. The van der Waals surface area contributed by atoms with Gasteiger partial charge in [-0.05, 0) is 19.3 Å². The molecule has 0 rings (SSSR count). The quantitative estimate of drug-likeness (QED) is 0.365. The first kappa shape index (κ1) is 14.7. The van der Waals surface area contributed by atoms with Crippen LogP contribution in [-0.4, -0.2) is 15.6 Å². The zero-order chi connectivity index (χ0) is 10.6. The average Bonchev–Trinajstić information content (AvgIpc) is 2.20. The molecule has 0 spiro atoms. The Morgan fingerprint density at radius 2 is 1.79 bits per heavy atom. The lowest BCUT2D eigenvalue weighted by atomic mass is 10.1. The van der Waals surface area contributed by atoms with Crippen molar-refractivity contribution in [3.8, 4) is 0 Å². The van der Waals surface area contributed by atoms with E-state index in [1.165, 1.54) is 44.9 Å². The van der Waals surface area contributed by atoms with Crippen molar-refractivity contribution >= 4 is 22.6 Å². The Morgan fingerprint density at radius 3 is 2.43 bits per heavy atom. The van der Waals surface area contributed by atoms with Crippen molar-refractivity contribution in [1.29, 1.82) is 0 Å². The van der Waals surface area contributed by atoms with Crippen LogP contribution < -0.4 is 0 Å². The highest BCUT2D eigenvalue weighted by Crippen LogP contribution is 2.17. The largest absolute Gasteiger partial charge is 0.396 e. The molecule has 0 aromatic heterocycles. The van der Waals surface area contributed by atoms with Crippen LogP contribution >= 0.6 is 22.6 Å². The summed E-state index contributed by atoms with van der Waals surface area (Å²) in [4.78, 5) is 0. The molecule has 1 nitrogen and oxygen atoms in total. The zero-order valence-corrected chi connectivity index (χ0v) is 11.5. The van der Waals surface area contributed by atoms with E-state index in [4.69, 9.17) is 5.11 Å². The van der Waals surface area contributed by atoms with Crippen molar-refractivity contribution in [2.75, 3.05) is 6.61 Å². The van der Waals surface area contributed by atoms with Gasteiger partial charge in [0.05, 0.1) is 0 Å². The molecular weight excluding hydrogens is 287 g/mol. The SMILES string of the molecule is CCCCCCCCC(I)C[CH]CO. The minimum Gasteiger partial charge on any atom is -0.396 e. The highest BCUT2D eigenvalue weighted by Gasteiger charge is 2.02. The molecular formula is C12H24IO.